The third-order valence-electron chi connectivity index (χ3n) is 9.66. The van der Waals surface area contributed by atoms with E-state index >= 15 is 0 Å². The topological polar surface area (TPSA) is 35.5 Å². The molecule has 0 radical (unpaired) electrons. The van der Waals surface area contributed by atoms with E-state index in [1.165, 1.54) is 90.6 Å². The molecule has 5 heteroatoms. The molecule has 4 atom stereocenters. The van der Waals surface area contributed by atoms with Gasteiger partial charge in [-0.25, -0.2) is 8.78 Å². The summed E-state index contributed by atoms with van der Waals surface area (Å²) in [6.45, 7) is 2.28. The fraction of sp³-hybridized carbons (Fsp3) is 0.774. The molecular weight excluding hydrogens is 458 g/mol. The Balaban J connectivity index is 1.25. The normalized spacial score (nSPS) is 30.4. The Labute approximate surface area is 216 Å². The van der Waals surface area contributed by atoms with Gasteiger partial charge in [-0.15, -0.1) is 0 Å². The fourth-order valence-electron chi connectivity index (χ4n) is 7.69. The van der Waals surface area contributed by atoms with Crippen LogP contribution < -0.4 is 9.47 Å². The second-order valence-electron chi connectivity index (χ2n) is 11.9. The molecule has 1 aromatic rings. The first-order chi connectivity index (χ1) is 17.5. The van der Waals surface area contributed by atoms with Crippen LogP contribution in [0, 0.1) is 47.1 Å². The molecule has 202 valence electrons. The van der Waals surface area contributed by atoms with Crippen molar-refractivity contribution in [3.05, 3.63) is 23.8 Å². The molecule has 4 unspecified atom stereocenters. The van der Waals surface area contributed by atoms with Crippen molar-refractivity contribution in [3.8, 4) is 11.5 Å². The van der Waals surface area contributed by atoms with Crippen LogP contribution in [0.2, 0.25) is 0 Å². The Kier molecular flexibility index (Phi) is 10.1. The van der Waals surface area contributed by atoms with Crippen LogP contribution in [0.5, 0.6) is 11.5 Å². The minimum atomic E-state index is -0.853. The van der Waals surface area contributed by atoms with Crippen molar-refractivity contribution < 1.29 is 23.0 Å². The number of hydrogen-bond donors (Lipinski definition) is 0. The van der Waals surface area contributed by atoms with E-state index in [1.54, 1.807) is 0 Å². The van der Waals surface area contributed by atoms with E-state index < -0.39 is 17.4 Å². The number of halogens is 2. The number of fused-ring (bicyclic) bond motifs is 1. The Bertz CT molecular complexity index is 825. The molecule has 3 aliphatic rings. The minimum Gasteiger partial charge on any atom is -0.491 e. The van der Waals surface area contributed by atoms with Crippen LogP contribution >= 0.6 is 0 Å². The summed E-state index contributed by atoms with van der Waals surface area (Å²) in [7, 11) is 1.22. The molecule has 0 saturated heterocycles. The van der Waals surface area contributed by atoms with Crippen molar-refractivity contribution in [2.45, 2.75) is 110 Å². The van der Waals surface area contributed by atoms with Crippen molar-refractivity contribution in [1.82, 2.24) is 0 Å². The number of ether oxygens (including phenoxy) is 2. The predicted molar refractivity (Wildman–Crippen MR) is 139 cm³/mol. The number of benzene rings is 1. The zero-order valence-corrected chi connectivity index (χ0v) is 22.4. The van der Waals surface area contributed by atoms with E-state index in [9.17, 15) is 13.6 Å². The number of methoxy groups -OCH3 is 1. The lowest BCUT2D eigenvalue weighted by molar-refractivity contribution is -0.144. The largest absolute Gasteiger partial charge is 0.491 e. The maximum Gasteiger partial charge on any atom is 0.314 e. The summed E-state index contributed by atoms with van der Waals surface area (Å²) < 4.78 is 38.4. The molecular formula is C31H46F2O3. The van der Waals surface area contributed by atoms with Crippen molar-refractivity contribution in [2.24, 2.45) is 35.5 Å². The lowest BCUT2D eigenvalue weighted by Gasteiger charge is -2.46. The van der Waals surface area contributed by atoms with Gasteiger partial charge in [-0.05, 0) is 68.1 Å². The fourth-order valence-corrected chi connectivity index (χ4v) is 7.69. The monoisotopic (exact) mass is 504 g/mol. The molecule has 3 nitrogen and oxygen atoms in total. The van der Waals surface area contributed by atoms with E-state index in [4.69, 9.17) is 9.47 Å². The molecule has 1 aromatic carbocycles. The first-order valence-corrected chi connectivity index (χ1v) is 14.7. The first-order valence-electron chi connectivity index (χ1n) is 14.7. The number of carbonyl (C=O) groups excluding carboxylic acids is 1. The highest BCUT2D eigenvalue weighted by Gasteiger charge is 2.43. The molecule has 3 aliphatic carbocycles. The van der Waals surface area contributed by atoms with Crippen molar-refractivity contribution >= 4 is 5.97 Å². The standard InChI is InChI=1S/C31H46F2O3/c1-3-4-5-6-7-9-21-12-14-22(15-13-21)23-16-17-26-24(18-23)10-8-11-27(26)31(34)36-25-19-28(32)30(35-2)29(33)20-25/h19-24,26-27H,3-18H2,1-2H3. The maximum atomic E-state index is 14.1. The summed E-state index contributed by atoms with van der Waals surface area (Å²) >= 11 is 0. The van der Waals surface area contributed by atoms with Gasteiger partial charge >= 0.3 is 5.97 Å². The van der Waals surface area contributed by atoms with Gasteiger partial charge in [0.05, 0.1) is 13.0 Å². The zero-order chi connectivity index (χ0) is 25.5. The molecule has 36 heavy (non-hydrogen) atoms. The summed E-state index contributed by atoms with van der Waals surface area (Å²) in [6.07, 6.45) is 20.5. The van der Waals surface area contributed by atoms with Crippen LogP contribution in [0.1, 0.15) is 110 Å². The average molecular weight is 505 g/mol. The lowest BCUT2D eigenvalue weighted by atomic mass is 9.59. The molecule has 3 fully saturated rings. The van der Waals surface area contributed by atoms with Gasteiger partial charge in [0.25, 0.3) is 0 Å². The van der Waals surface area contributed by atoms with E-state index in [0.29, 0.717) is 11.8 Å². The number of rotatable bonds is 10. The van der Waals surface area contributed by atoms with Crippen molar-refractivity contribution in [2.75, 3.05) is 7.11 Å². The van der Waals surface area contributed by atoms with Gasteiger partial charge in [-0.1, -0.05) is 71.1 Å². The number of hydrogen-bond acceptors (Lipinski definition) is 3. The zero-order valence-electron chi connectivity index (χ0n) is 22.4. The molecule has 0 spiro atoms. The Morgan fingerprint density at radius 2 is 1.56 bits per heavy atom. The molecule has 0 heterocycles. The van der Waals surface area contributed by atoms with Crippen LogP contribution in [0.25, 0.3) is 0 Å². The Morgan fingerprint density at radius 3 is 2.25 bits per heavy atom. The smallest absolute Gasteiger partial charge is 0.314 e. The van der Waals surface area contributed by atoms with Crippen LogP contribution in [-0.4, -0.2) is 13.1 Å². The molecule has 0 bridgehead atoms. The molecule has 0 amide bonds. The molecule has 3 saturated carbocycles. The van der Waals surface area contributed by atoms with Gasteiger partial charge in [0.1, 0.15) is 5.75 Å². The van der Waals surface area contributed by atoms with Crippen LogP contribution in [-0.2, 0) is 4.79 Å². The average Bonchev–Trinajstić information content (AvgIpc) is 2.88. The molecule has 4 rings (SSSR count). The maximum absolute atomic E-state index is 14.1. The molecule has 0 aliphatic heterocycles. The lowest BCUT2D eigenvalue weighted by Crippen LogP contribution is -2.40. The predicted octanol–water partition coefficient (Wildman–Crippen LogP) is 8.88. The summed E-state index contributed by atoms with van der Waals surface area (Å²) in [5.41, 5.74) is 0. The van der Waals surface area contributed by atoms with Crippen molar-refractivity contribution in [1.29, 1.82) is 0 Å². The number of esters is 1. The van der Waals surface area contributed by atoms with Gasteiger partial charge in [0.2, 0.25) is 0 Å². The highest BCUT2D eigenvalue weighted by atomic mass is 19.1. The van der Waals surface area contributed by atoms with Crippen LogP contribution in [0.4, 0.5) is 8.78 Å². The summed E-state index contributed by atoms with van der Waals surface area (Å²) in [6, 6.07) is 2.08. The third kappa shape index (κ3) is 6.81. The van der Waals surface area contributed by atoms with E-state index in [-0.39, 0.29) is 17.6 Å². The summed E-state index contributed by atoms with van der Waals surface area (Å²) in [5.74, 6) is 0.804. The second kappa shape index (κ2) is 13.2. The molecule has 0 N–H and O–H groups in total. The first kappa shape index (κ1) is 27.4. The Hall–Kier alpha value is -1.65. The highest BCUT2D eigenvalue weighted by Crippen LogP contribution is 2.50. The van der Waals surface area contributed by atoms with E-state index in [2.05, 4.69) is 6.92 Å². The number of carbonyl (C=O) groups is 1. The van der Waals surface area contributed by atoms with E-state index in [1.807, 2.05) is 0 Å². The number of unbranched alkanes of at least 4 members (excludes halogenated alkanes) is 4. The minimum absolute atomic E-state index is 0.0752. The van der Waals surface area contributed by atoms with Gasteiger partial charge < -0.3 is 9.47 Å². The van der Waals surface area contributed by atoms with E-state index in [0.717, 1.165) is 49.1 Å². The van der Waals surface area contributed by atoms with Gasteiger partial charge in [-0.2, -0.15) is 0 Å². The second-order valence-corrected chi connectivity index (χ2v) is 11.9. The summed E-state index contributed by atoms with van der Waals surface area (Å²) in [4.78, 5) is 13.1. The molecule has 0 aromatic heterocycles. The van der Waals surface area contributed by atoms with Crippen molar-refractivity contribution in [3.63, 3.8) is 0 Å². The Morgan fingerprint density at radius 1 is 0.861 bits per heavy atom. The summed E-state index contributed by atoms with van der Waals surface area (Å²) in [5, 5.41) is 0. The van der Waals surface area contributed by atoms with Crippen LogP contribution in [0.15, 0.2) is 12.1 Å². The quantitative estimate of drug-likeness (QED) is 0.181. The van der Waals surface area contributed by atoms with Crippen LogP contribution in [0.3, 0.4) is 0 Å². The van der Waals surface area contributed by atoms with Gasteiger partial charge in [0, 0.05) is 12.1 Å². The van der Waals surface area contributed by atoms with Gasteiger partial charge in [0.15, 0.2) is 17.4 Å². The van der Waals surface area contributed by atoms with Gasteiger partial charge in [-0.3, -0.25) is 4.79 Å². The third-order valence-corrected chi connectivity index (χ3v) is 9.66. The highest BCUT2D eigenvalue weighted by molar-refractivity contribution is 5.75. The SMILES string of the molecule is CCCCCCCC1CCC(C2CCC3C(CCCC3C(=O)Oc3cc(F)c(OC)c(F)c3)C2)CC1.